The molecule has 0 radical (unpaired) electrons. The largest absolute Gasteiger partial charge is 0.278 e. The van der Waals surface area contributed by atoms with Crippen LogP contribution in [-0.2, 0) is 0 Å². The fraction of sp³-hybridized carbons (Fsp3) is 0. The van der Waals surface area contributed by atoms with Crippen molar-refractivity contribution >= 4 is 43.5 Å². The van der Waals surface area contributed by atoms with Gasteiger partial charge in [0.05, 0.1) is 22.2 Å². The zero-order valence-electron chi connectivity index (χ0n) is 24.4. The van der Waals surface area contributed by atoms with Crippen LogP contribution >= 0.6 is 0 Å². The van der Waals surface area contributed by atoms with Gasteiger partial charge in [0.15, 0.2) is 0 Å². The van der Waals surface area contributed by atoms with Crippen LogP contribution in [0.2, 0.25) is 0 Å². The van der Waals surface area contributed by atoms with Crippen molar-refractivity contribution in [3.05, 3.63) is 164 Å². The minimum Gasteiger partial charge on any atom is -0.278 e. The maximum Gasteiger partial charge on any atom is 0.235 e. The molecule has 210 valence electrons. The Morgan fingerprint density at radius 1 is 0.356 bits per heavy atom. The molecule has 7 aromatic carbocycles. The van der Waals surface area contributed by atoms with Crippen molar-refractivity contribution in [3.8, 4) is 39.5 Å². The smallest absolute Gasteiger partial charge is 0.235 e. The van der Waals surface area contributed by atoms with Crippen LogP contribution in [0.1, 0.15) is 0 Å². The standard InChI is InChI=1S/C42H27N3/c1-3-11-28(12-4-1)30-19-21-31(22-20-30)41-37-26-34(29-13-5-2-6-14-29)23-24-38(37)43-42(44-41)45-39-18-10-9-17-35(39)36-25-32-15-7-8-16-33(32)27-40(36)45/h1-27H. The summed E-state index contributed by atoms with van der Waals surface area (Å²) in [6.07, 6.45) is 0. The molecule has 2 aromatic heterocycles. The topological polar surface area (TPSA) is 30.7 Å². The van der Waals surface area contributed by atoms with Gasteiger partial charge >= 0.3 is 0 Å². The minimum atomic E-state index is 0.665. The first-order chi connectivity index (χ1) is 22.3. The van der Waals surface area contributed by atoms with E-state index in [1.165, 1.54) is 38.2 Å². The number of hydrogen-bond acceptors (Lipinski definition) is 2. The van der Waals surface area contributed by atoms with E-state index in [9.17, 15) is 0 Å². The van der Waals surface area contributed by atoms with E-state index in [0.717, 1.165) is 38.8 Å². The zero-order valence-corrected chi connectivity index (χ0v) is 24.4. The van der Waals surface area contributed by atoms with E-state index in [-0.39, 0.29) is 0 Å². The van der Waals surface area contributed by atoms with E-state index in [1.54, 1.807) is 0 Å². The van der Waals surface area contributed by atoms with Gasteiger partial charge in [0, 0.05) is 21.7 Å². The third-order valence-corrected chi connectivity index (χ3v) is 8.80. The molecule has 0 aliphatic rings. The van der Waals surface area contributed by atoms with E-state index in [1.807, 2.05) is 6.07 Å². The Labute approximate surface area is 260 Å². The highest BCUT2D eigenvalue weighted by atomic mass is 15.2. The van der Waals surface area contributed by atoms with Crippen LogP contribution in [0.15, 0.2) is 164 Å². The molecule has 2 heterocycles. The molecule has 0 atom stereocenters. The summed E-state index contributed by atoms with van der Waals surface area (Å²) in [6.45, 7) is 0. The lowest BCUT2D eigenvalue weighted by atomic mass is 9.98. The number of aromatic nitrogens is 3. The van der Waals surface area contributed by atoms with Crippen LogP contribution < -0.4 is 0 Å². The highest BCUT2D eigenvalue weighted by Gasteiger charge is 2.18. The van der Waals surface area contributed by atoms with Gasteiger partial charge in [0.2, 0.25) is 5.95 Å². The Balaban J connectivity index is 1.32. The molecule has 0 aliphatic carbocycles. The van der Waals surface area contributed by atoms with Crippen molar-refractivity contribution in [2.24, 2.45) is 0 Å². The average molecular weight is 574 g/mol. The van der Waals surface area contributed by atoms with E-state index in [2.05, 4.69) is 162 Å². The van der Waals surface area contributed by atoms with E-state index in [4.69, 9.17) is 9.97 Å². The summed E-state index contributed by atoms with van der Waals surface area (Å²) in [5.41, 5.74) is 9.76. The minimum absolute atomic E-state index is 0.665. The van der Waals surface area contributed by atoms with Crippen molar-refractivity contribution in [2.75, 3.05) is 0 Å². The summed E-state index contributed by atoms with van der Waals surface area (Å²) in [7, 11) is 0. The first-order valence-corrected chi connectivity index (χ1v) is 15.3. The predicted octanol–water partition coefficient (Wildman–Crippen LogP) is 10.9. The van der Waals surface area contributed by atoms with Crippen molar-refractivity contribution < 1.29 is 0 Å². The van der Waals surface area contributed by atoms with E-state index in [0.29, 0.717) is 5.95 Å². The van der Waals surface area contributed by atoms with Gasteiger partial charge in [-0.3, -0.25) is 4.57 Å². The Morgan fingerprint density at radius 2 is 0.933 bits per heavy atom. The van der Waals surface area contributed by atoms with Gasteiger partial charge < -0.3 is 0 Å². The first-order valence-electron chi connectivity index (χ1n) is 15.3. The number of nitrogens with zero attached hydrogens (tertiary/aromatic N) is 3. The zero-order chi connectivity index (χ0) is 29.7. The normalized spacial score (nSPS) is 11.6. The second-order valence-corrected chi connectivity index (χ2v) is 11.5. The van der Waals surface area contributed by atoms with Crippen molar-refractivity contribution in [1.82, 2.24) is 14.5 Å². The van der Waals surface area contributed by atoms with Gasteiger partial charge in [-0.15, -0.1) is 0 Å². The van der Waals surface area contributed by atoms with Crippen LogP contribution in [0.25, 0.3) is 82.9 Å². The van der Waals surface area contributed by atoms with Crippen LogP contribution in [0.3, 0.4) is 0 Å². The Morgan fingerprint density at radius 3 is 1.69 bits per heavy atom. The molecule has 0 aliphatic heterocycles. The molecule has 3 nitrogen and oxygen atoms in total. The molecule has 0 unspecified atom stereocenters. The molecule has 0 amide bonds. The number of benzene rings is 7. The van der Waals surface area contributed by atoms with Crippen LogP contribution in [-0.4, -0.2) is 14.5 Å². The van der Waals surface area contributed by atoms with Gasteiger partial charge in [0.25, 0.3) is 0 Å². The highest BCUT2D eigenvalue weighted by Crippen LogP contribution is 2.37. The number of hydrogen-bond donors (Lipinski definition) is 0. The SMILES string of the molecule is c1ccc(-c2ccc(-c3nc(-n4c5ccccc5c5cc6ccccc6cc54)nc4ccc(-c5ccccc5)cc34)cc2)cc1. The summed E-state index contributed by atoms with van der Waals surface area (Å²) in [4.78, 5) is 10.6. The van der Waals surface area contributed by atoms with Gasteiger partial charge in [-0.1, -0.05) is 133 Å². The van der Waals surface area contributed by atoms with Gasteiger partial charge in [-0.05, 0) is 63.4 Å². The lowest BCUT2D eigenvalue weighted by Gasteiger charge is -2.13. The number of para-hydroxylation sites is 1. The lowest BCUT2D eigenvalue weighted by molar-refractivity contribution is 1.01. The summed E-state index contributed by atoms with van der Waals surface area (Å²) in [5, 5.41) is 5.83. The Kier molecular flexibility index (Phi) is 5.82. The maximum atomic E-state index is 5.38. The van der Waals surface area contributed by atoms with Gasteiger partial charge in [-0.25, -0.2) is 9.97 Å². The van der Waals surface area contributed by atoms with Gasteiger partial charge in [-0.2, -0.15) is 0 Å². The molecule has 0 spiro atoms. The lowest BCUT2D eigenvalue weighted by Crippen LogP contribution is -2.03. The number of fused-ring (bicyclic) bond motifs is 5. The summed E-state index contributed by atoms with van der Waals surface area (Å²) in [6, 6.07) is 57.9. The third-order valence-electron chi connectivity index (χ3n) is 8.80. The molecule has 9 rings (SSSR count). The molecule has 45 heavy (non-hydrogen) atoms. The molecule has 3 heteroatoms. The fourth-order valence-corrected chi connectivity index (χ4v) is 6.57. The monoisotopic (exact) mass is 573 g/mol. The Hall–Kier alpha value is -6.06. The Bertz CT molecular complexity index is 2510. The van der Waals surface area contributed by atoms with Crippen LogP contribution in [0.4, 0.5) is 0 Å². The summed E-state index contributed by atoms with van der Waals surface area (Å²) < 4.78 is 2.23. The second-order valence-electron chi connectivity index (χ2n) is 11.5. The predicted molar refractivity (Wildman–Crippen MR) is 188 cm³/mol. The van der Waals surface area contributed by atoms with Gasteiger partial charge in [0.1, 0.15) is 0 Å². The highest BCUT2D eigenvalue weighted by molar-refractivity contribution is 6.13. The molecule has 0 fully saturated rings. The maximum absolute atomic E-state index is 5.38. The molecular weight excluding hydrogens is 546 g/mol. The van der Waals surface area contributed by atoms with Crippen LogP contribution in [0.5, 0.6) is 0 Å². The summed E-state index contributed by atoms with van der Waals surface area (Å²) >= 11 is 0. The second kappa shape index (κ2) is 10.3. The molecule has 0 saturated heterocycles. The molecule has 0 saturated carbocycles. The van der Waals surface area contributed by atoms with Crippen LogP contribution in [0, 0.1) is 0 Å². The first kappa shape index (κ1) is 25.4. The molecule has 0 N–H and O–H groups in total. The van der Waals surface area contributed by atoms with Crippen molar-refractivity contribution in [1.29, 1.82) is 0 Å². The molecule has 0 bridgehead atoms. The third kappa shape index (κ3) is 4.29. The summed E-state index contributed by atoms with van der Waals surface area (Å²) in [5.74, 6) is 0.665. The van der Waals surface area contributed by atoms with Crippen molar-refractivity contribution in [2.45, 2.75) is 0 Å². The fourth-order valence-electron chi connectivity index (χ4n) is 6.57. The molecular formula is C42H27N3. The van der Waals surface area contributed by atoms with Crippen molar-refractivity contribution in [3.63, 3.8) is 0 Å². The van der Waals surface area contributed by atoms with E-state index >= 15 is 0 Å². The van der Waals surface area contributed by atoms with E-state index < -0.39 is 0 Å². The number of rotatable bonds is 4. The quantitative estimate of drug-likeness (QED) is 0.210. The average Bonchev–Trinajstić information content (AvgIpc) is 3.44. The molecule has 9 aromatic rings.